The van der Waals surface area contributed by atoms with Crippen LogP contribution in [-0.4, -0.2) is 58.9 Å². The lowest BCUT2D eigenvalue weighted by Gasteiger charge is -2.12. The Kier molecular flexibility index (Phi) is 7.54. The molecule has 2 aromatic carbocycles. The number of hydrogen-bond acceptors (Lipinski definition) is 7. The number of nitrogens with one attached hydrogen (secondary N) is 2. The SMILES string of the molecule is COc1ccc(-c2cnc3c(Nc4ccc(C(=O)NCCOCCO)c(C)c4)nccn23)cc1F. The monoisotopic (exact) mass is 479 g/mol. The fourth-order valence-electron chi connectivity index (χ4n) is 3.68. The van der Waals surface area contributed by atoms with Crippen molar-refractivity contribution in [3.05, 3.63) is 71.9 Å². The molecule has 0 saturated carbocycles. The number of hydrogen-bond donors (Lipinski definition) is 3. The maximum Gasteiger partial charge on any atom is 0.251 e. The van der Waals surface area contributed by atoms with E-state index in [0.717, 1.165) is 11.3 Å². The predicted molar refractivity (Wildman–Crippen MR) is 130 cm³/mol. The molecule has 10 heteroatoms. The molecule has 0 saturated heterocycles. The number of carbonyl (C=O) groups excluding carboxylic acids is 1. The van der Waals surface area contributed by atoms with Crippen LogP contribution in [0.2, 0.25) is 0 Å². The number of aliphatic hydroxyl groups is 1. The fraction of sp³-hybridized carbons (Fsp3) is 0.240. The Hall–Kier alpha value is -4.02. The van der Waals surface area contributed by atoms with Gasteiger partial charge in [-0.25, -0.2) is 14.4 Å². The van der Waals surface area contributed by atoms with Crippen LogP contribution in [0.15, 0.2) is 55.0 Å². The van der Waals surface area contributed by atoms with Crippen molar-refractivity contribution < 1.29 is 23.8 Å². The average molecular weight is 480 g/mol. The van der Waals surface area contributed by atoms with E-state index in [9.17, 15) is 9.18 Å². The zero-order valence-corrected chi connectivity index (χ0v) is 19.4. The van der Waals surface area contributed by atoms with Crippen molar-refractivity contribution in [2.45, 2.75) is 6.92 Å². The van der Waals surface area contributed by atoms with Crippen LogP contribution in [0.3, 0.4) is 0 Å². The van der Waals surface area contributed by atoms with Gasteiger partial charge in [0.25, 0.3) is 5.91 Å². The van der Waals surface area contributed by atoms with Crippen LogP contribution in [0.1, 0.15) is 15.9 Å². The van der Waals surface area contributed by atoms with Crippen molar-refractivity contribution in [1.29, 1.82) is 0 Å². The highest BCUT2D eigenvalue weighted by Crippen LogP contribution is 2.28. The van der Waals surface area contributed by atoms with Crippen LogP contribution in [0.25, 0.3) is 16.9 Å². The number of aryl methyl sites for hydroxylation is 1. The highest BCUT2D eigenvalue weighted by Gasteiger charge is 2.14. The Balaban J connectivity index is 1.52. The number of ether oxygens (including phenoxy) is 2. The molecule has 0 radical (unpaired) electrons. The van der Waals surface area contributed by atoms with Crippen molar-refractivity contribution in [1.82, 2.24) is 19.7 Å². The van der Waals surface area contributed by atoms with E-state index in [2.05, 4.69) is 20.6 Å². The minimum absolute atomic E-state index is 0.0514. The van der Waals surface area contributed by atoms with Crippen molar-refractivity contribution >= 4 is 23.1 Å². The number of aromatic nitrogens is 3. The molecular formula is C25H26FN5O4. The van der Waals surface area contributed by atoms with Gasteiger partial charge in [0.15, 0.2) is 23.0 Å². The lowest BCUT2D eigenvalue weighted by atomic mass is 10.1. The standard InChI is InChI=1S/C25H26FN5O4/c1-16-13-18(4-5-19(16)25(33)28-8-11-35-12-10-32)30-23-24-29-15-21(31(24)9-7-27-23)17-3-6-22(34-2)20(26)14-17/h3-7,9,13-15,32H,8,10-12H2,1-2H3,(H,27,30)(H,28,33). The second kappa shape index (κ2) is 10.9. The Morgan fingerprint density at radius 1 is 1.17 bits per heavy atom. The summed E-state index contributed by atoms with van der Waals surface area (Å²) in [7, 11) is 1.42. The summed E-state index contributed by atoms with van der Waals surface area (Å²) in [5.74, 6) is 0.0376. The number of benzene rings is 2. The molecular weight excluding hydrogens is 453 g/mol. The molecule has 0 atom stereocenters. The first-order valence-corrected chi connectivity index (χ1v) is 11.0. The molecule has 0 aliphatic carbocycles. The second-order valence-electron chi connectivity index (χ2n) is 7.71. The van der Waals surface area contributed by atoms with E-state index in [0.29, 0.717) is 41.4 Å². The summed E-state index contributed by atoms with van der Waals surface area (Å²) in [6.07, 6.45) is 5.05. The van der Waals surface area contributed by atoms with E-state index in [1.54, 1.807) is 42.9 Å². The maximum absolute atomic E-state index is 14.2. The second-order valence-corrected chi connectivity index (χ2v) is 7.71. The van der Waals surface area contributed by atoms with Crippen molar-refractivity contribution in [2.75, 3.05) is 38.8 Å². The Labute approximate surface area is 201 Å². The van der Waals surface area contributed by atoms with Gasteiger partial charge in [0.1, 0.15) is 0 Å². The number of methoxy groups -OCH3 is 1. The van der Waals surface area contributed by atoms with Gasteiger partial charge in [0.05, 0.1) is 38.8 Å². The van der Waals surface area contributed by atoms with Crippen molar-refractivity contribution in [3.63, 3.8) is 0 Å². The fourth-order valence-corrected chi connectivity index (χ4v) is 3.68. The summed E-state index contributed by atoms with van der Waals surface area (Å²) in [6, 6.07) is 10.1. The van der Waals surface area contributed by atoms with E-state index in [1.165, 1.54) is 13.2 Å². The number of imidazole rings is 1. The van der Waals surface area contributed by atoms with Crippen LogP contribution >= 0.6 is 0 Å². The summed E-state index contributed by atoms with van der Waals surface area (Å²) >= 11 is 0. The number of amides is 1. The maximum atomic E-state index is 14.2. The zero-order valence-electron chi connectivity index (χ0n) is 19.4. The average Bonchev–Trinajstić information content (AvgIpc) is 3.29. The van der Waals surface area contributed by atoms with Crippen molar-refractivity contribution in [2.24, 2.45) is 0 Å². The Morgan fingerprint density at radius 2 is 2.03 bits per heavy atom. The summed E-state index contributed by atoms with van der Waals surface area (Å²) in [6.45, 7) is 2.72. The van der Waals surface area contributed by atoms with Crippen LogP contribution in [-0.2, 0) is 4.74 Å². The lowest BCUT2D eigenvalue weighted by molar-refractivity contribution is 0.0837. The van der Waals surface area contributed by atoms with Gasteiger partial charge in [-0.1, -0.05) is 0 Å². The smallest absolute Gasteiger partial charge is 0.251 e. The minimum atomic E-state index is -0.454. The molecule has 0 fully saturated rings. The number of halogens is 1. The molecule has 3 N–H and O–H groups in total. The number of anilines is 2. The lowest BCUT2D eigenvalue weighted by Crippen LogP contribution is -2.28. The topological polar surface area (TPSA) is 110 Å². The minimum Gasteiger partial charge on any atom is -0.494 e. The summed E-state index contributed by atoms with van der Waals surface area (Å²) in [5.41, 5.74) is 4.01. The van der Waals surface area contributed by atoms with E-state index in [-0.39, 0.29) is 24.9 Å². The van der Waals surface area contributed by atoms with Gasteiger partial charge in [0.2, 0.25) is 0 Å². The predicted octanol–water partition coefficient (Wildman–Crippen LogP) is 3.33. The number of carbonyl (C=O) groups is 1. The quantitative estimate of drug-likeness (QED) is 0.299. The molecule has 0 aliphatic rings. The van der Waals surface area contributed by atoms with Crippen molar-refractivity contribution in [3.8, 4) is 17.0 Å². The number of aliphatic hydroxyl groups excluding tert-OH is 1. The highest BCUT2D eigenvalue weighted by atomic mass is 19.1. The van der Waals surface area contributed by atoms with Gasteiger partial charge < -0.3 is 25.2 Å². The van der Waals surface area contributed by atoms with Gasteiger partial charge in [-0.2, -0.15) is 0 Å². The number of fused-ring (bicyclic) bond motifs is 1. The van der Waals surface area contributed by atoms with Crippen LogP contribution < -0.4 is 15.4 Å². The molecule has 0 bridgehead atoms. The van der Waals surface area contributed by atoms with E-state index in [1.807, 2.05) is 17.4 Å². The largest absolute Gasteiger partial charge is 0.494 e. The Morgan fingerprint density at radius 3 is 2.77 bits per heavy atom. The highest BCUT2D eigenvalue weighted by molar-refractivity contribution is 5.96. The first-order chi connectivity index (χ1) is 17.0. The van der Waals surface area contributed by atoms with E-state index < -0.39 is 5.82 Å². The molecule has 4 rings (SSSR count). The van der Waals surface area contributed by atoms with Gasteiger partial charge in [-0.3, -0.25) is 9.20 Å². The van der Waals surface area contributed by atoms with Crippen LogP contribution in [0.5, 0.6) is 5.75 Å². The molecule has 4 aromatic rings. The number of rotatable bonds is 10. The molecule has 2 heterocycles. The van der Waals surface area contributed by atoms with Gasteiger partial charge >= 0.3 is 0 Å². The van der Waals surface area contributed by atoms with Gasteiger partial charge in [0, 0.05) is 35.8 Å². The van der Waals surface area contributed by atoms with Crippen LogP contribution in [0.4, 0.5) is 15.9 Å². The molecule has 0 aliphatic heterocycles. The summed E-state index contributed by atoms with van der Waals surface area (Å²) < 4.78 is 26.2. The van der Waals surface area contributed by atoms with Crippen LogP contribution in [0, 0.1) is 12.7 Å². The molecule has 0 spiro atoms. The van der Waals surface area contributed by atoms with E-state index in [4.69, 9.17) is 14.6 Å². The third-order valence-corrected chi connectivity index (χ3v) is 5.38. The normalized spacial score (nSPS) is 11.0. The molecule has 0 unspecified atom stereocenters. The third kappa shape index (κ3) is 5.39. The van der Waals surface area contributed by atoms with Gasteiger partial charge in [-0.05, 0) is 48.9 Å². The molecule has 35 heavy (non-hydrogen) atoms. The molecule has 2 aromatic heterocycles. The molecule has 182 valence electrons. The van der Waals surface area contributed by atoms with Gasteiger partial charge in [-0.15, -0.1) is 0 Å². The number of nitrogens with zero attached hydrogens (tertiary/aromatic N) is 3. The molecule has 9 nitrogen and oxygen atoms in total. The first-order valence-electron chi connectivity index (χ1n) is 11.0. The molecule has 1 amide bonds. The first kappa shape index (κ1) is 24.1. The zero-order chi connectivity index (χ0) is 24.8. The summed E-state index contributed by atoms with van der Waals surface area (Å²) in [4.78, 5) is 21.3. The van der Waals surface area contributed by atoms with E-state index >= 15 is 0 Å². The third-order valence-electron chi connectivity index (χ3n) is 5.38. The Bertz CT molecular complexity index is 1340. The summed E-state index contributed by atoms with van der Waals surface area (Å²) in [5, 5.41) is 14.8.